The molecular formula is C6H15N3. The summed E-state index contributed by atoms with van der Waals surface area (Å²) < 4.78 is 0. The van der Waals surface area contributed by atoms with Gasteiger partial charge in [0, 0.05) is 13.6 Å². The van der Waals surface area contributed by atoms with Crippen LogP contribution < -0.4 is 0 Å². The normalized spacial score (nSPS) is 11.2. The Morgan fingerprint density at radius 2 is 2.00 bits per heavy atom. The smallest absolute Gasteiger partial charge is 0.0673 e. The monoisotopic (exact) mass is 129 g/mol. The molecule has 0 spiro atoms. The van der Waals surface area contributed by atoms with Gasteiger partial charge in [-0.05, 0) is 20.8 Å². The maximum atomic E-state index is 3.95. The van der Waals surface area contributed by atoms with Crippen LogP contribution in [0, 0.1) is 0 Å². The zero-order valence-electron chi connectivity index (χ0n) is 6.63. The summed E-state index contributed by atoms with van der Waals surface area (Å²) in [4.78, 5) is 0. The van der Waals surface area contributed by atoms with Crippen LogP contribution in [0.4, 0.5) is 0 Å². The molecule has 0 radical (unpaired) electrons. The molecule has 0 aromatic heterocycles. The van der Waals surface area contributed by atoms with Crippen molar-refractivity contribution in [2.75, 3.05) is 13.6 Å². The standard InChI is InChI=1S/C6H15N3/c1-5-9(4)8-7-6(2)3/h6H,5H2,1-4H3. The topological polar surface area (TPSA) is 28.0 Å². The van der Waals surface area contributed by atoms with Crippen LogP contribution in [0.2, 0.25) is 0 Å². The van der Waals surface area contributed by atoms with Crippen molar-refractivity contribution < 1.29 is 0 Å². The van der Waals surface area contributed by atoms with Crippen LogP contribution in [-0.2, 0) is 0 Å². The van der Waals surface area contributed by atoms with Gasteiger partial charge in [-0.3, -0.25) is 5.01 Å². The second kappa shape index (κ2) is 4.30. The molecule has 0 atom stereocenters. The minimum atomic E-state index is 0.305. The van der Waals surface area contributed by atoms with Crippen molar-refractivity contribution in [1.29, 1.82) is 0 Å². The van der Waals surface area contributed by atoms with Gasteiger partial charge in [-0.25, -0.2) is 0 Å². The summed E-state index contributed by atoms with van der Waals surface area (Å²) in [7, 11) is 1.91. The van der Waals surface area contributed by atoms with Crippen molar-refractivity contribution in [1.82, 2.24) is 5.01 Å². The minimum absolute atomic E-state index is 0.305. The Labute approximate surface area is 56.7 Å². The van der Waals surface area contributed by atoms with Gasteiger partial charge < -0.3 is 0 Å². The van der Waals surface area contributed by atoms with Crippen molar-refractivity contribution in [3.63, 3.8) is 0 Å². The third-order valence-electron chi connectivity index (χ3n) is 0.893. The van der Waals surface area contributed by atoms with E-state index in [1.807, 2.05) is 27.8 Å². The summed E-state index contributed by atoms with van der Waals surface area (Å²) in [5.41, 5.74) is 0. The van der Waals surface area contributed by atoms with Crippen LogP contribution in [-0.4, -0.2) is 24.6 Å². The second-order valence-electron chi connectivity index (χ2n) is 2.27. The largest absolute Gasteiger partial charge is 0.282 e. The van der Waals surface area contributed by atoms with Gasteiger partial charge in [-0.2, -0.15) is 5.11 Å². The summed E-state index contributed by atoms with van der Waals surface area (Å²) in [6.45, 7) is 6.97. The average molecular weight is 129 g/mol. The van der Waals surface area contributed by atoms with Gasteiger partial charge in [0.25, 0.3) is 0 Å². The van der Waals surface area contributed by atoms with Crippen molar-refractivity contribution >= 4 is 0 Å². The van der Waals surface area contributed by atoms with Crippen LogP contribution in [0.5, 0.6) is 0 Å². The predicted octanol–water partition coefficient (Wildman–Crippen LogP) is 1.71. The van der Waals surface area contributed by atoms with Gasteiger partial charge in [0.15, 0.2) is 0 Å². The van der Waals surface area contributed by atoms with Crippen LogP contribution in [0.15, 0.2) is 10.3 Å². The van der Waals surface area contributed by atoms with Gasteiger partial charge in [0.2, 0.25) is 0 Å². The van der Waals surface area contributed by atoms with E-state index in [-0.39, 0.29) is 0 Å². The first-order valence-corrected chi connectivity index (χ1v) is 3.28. The summed E-state index contributed by atoms with van der Waals surface area (Å²) in [5.74, 6) is 0. The Balaban J connectivity index is 3.43. The van der Waals surface area contributed by atoms with Gasteiger partial charge in [-0.15, -0.1) is 0 Å². The highest BCUT2D eigenvalue weighted by atomic mass is 15.5. The molecule has 54 valence electrons. The van der Waals surface area contributed by atoms with Crippen molar-refractivity contribution in [2.45, 2.75) is 26.8 Å². The molecule has 0 saturated heterocycles. The molecule has 3 nitrogen and oxygen atoms in total. The van der Waals surface area contributed by atoms with Crippen LogP contribution >= 0.6 is 0 Å². The molecule has 0 saturated carbocycles. The summed E-state index contributed by atoms with van der Waals surface area (Å²) in [6.07, 6.45) is 0. The van der Waals surface area contributed by atoms with Crippen molar-refractivity contribution in [3.05, 3.63) is 0 Å². The van der Waals surface area contributed by atoms with E-state index in [1.54, 1.807) is 5.01 Å². The Bertz CT molecular complexity index is 88.3. The third-order valence-corrected chi connectivity index (χ3v) is 0.893. The number of rotatable bonds is 3. The molecule has 0 fully saturated rings. The van der Waals surface area contributed by atoms with E-state index in [1.165, 1.54) is 0 Å². The fourth-order valence-electron chi connectivity index (χ4n) is 0.255. The summed E-state index contributed by atoms with van der Waals surface area (Å²) >= 11 is 0. The zero-order valence-corrected chi connectivity index (χ0v) is 6.63. The molecule has 0 rings (SSSR count). The highest BCUT2D eigenvalue weighted by Crippen LogP contribution is 1.89. The van der Waals surface area contributed by atoms with E-state index >= 15 is 0 Å². The molecule has 0 aliphatic rings. The lowest BCUT2D eigenvalue weighted by Gasteiger charge is -2.06. The molecule has 0 unspecified atom stereocenters. The number of hydrogen-bond acceptors (Lipinski definition) is 2. The minimum Gasteiger partial charge on any atom is -0.282 e. The molecule has 3 heteroatoms. The van der Waals surface area contributed by atoms with Crippen LogP contribution in [0.1, 0.15) is 20.8 Å². The molecule has 0 aromatic carbocycles. The second-order valence-corrected chi connectivity index (χ2v) is 2.27. The Hall–Kier alpha value is -0.600. The molecule has 9 heavy (non-hydrogen) atoms. The van der Waals surface area contributed by atoms with E-state index in [0.29, 0.717) is 6.04 Å². The van der Waals surface area contributed by atoms with E-state index < -0.39 is 0 Å². The average Bonchev–Trinajstić information content (AvgIpc) is 1.83. The van der Waals surface area contributed by atoms with Gasteiger partial charge in [0.1, 0.15) is 0 Å². The predicted molar refractivity (Wildman–Crippen MR) is 38.3 cm³/mol. The zero-order chi connectivity index (χ0) is 7.28. The highest BCUT2D eigenvalue weighted by molar-refractivity contribution is 4.43. The maximum absolute atomic E-state index is 3.95. The molecule has 0 N–H and O–H groups in total. The van der Waals surface area contributed by atoms with Gasteiger partial charge >= 0.3 is 0 Å². The third kappa shape index (κ3) is 5.27. The SMILES string of the molecule is CCN(C)N=NC(C)C. The lowest BCUT2D eigenvalue weighted by Crippen LogP contribution is -2.08. The molecule has 0 aliphatic carbocycles. The fourth-order valence-corrected chi connectivity index (χ4v) is 0.255. The number of nitrogens with zero attached hydrogens (tertiary/aromatic N) is 3. The highest BCUT2D eigenvalue weighted by Gasteiger charge is 1.87. The van der Waals surface area contributed by atoms with Crippen molar-refractivity contribution in [3.8, 4) is 0 Å². The summed E-state index contributed by atoms with van der Waals surface area (Å²) in [6, 6.07) is 0.305. The number of hydrogen-bond donors (Lipinski definition) is 0. The van der Waals surface area contributed by atoms with Crippen LogP contribution in [0.3, 0.4) is 0 Å². The van der Waals surface area contributed by atoms with E-state index in [4.69, 9.17) is 0 Å². The molecule has 0 amide bonds. The first kappa shape index (κ1) is 8.40. The molecule has 0 heterocycles. The lowest BCUT2D eigenvalue weighted by atomic mass is 10.4. The van der Waals surface area contributed by atoms with E-state index in [2.05, 4.69) is 10.3 Å². The quantitative estimate of drug-likeness (QED) is 0.421. The summed E-state index contributed by atoms with van der Waals surface area (Å²) in [5, 5.41) is 9.65. The molecular weight excluding hydrogens is 114 g/mol. The molecule has 0 bridgehead atoms. The van der Waals surface area contributed by atoms with E-state index in [0.717, 1.165) is 6.54 Å². The maximum Gasteiger partial charge on any atom is 0.0673 e. The first-order chi connectivity index (χ1) is 4.16. The Morgan fingerprint density at radius 1 is 1.44 bits per heavy atom. The first-order valence-electron chi connectivity index (χ1n) is 3.28. The molecule has 0 aliphatic heterocycles. The fraction of sp³-hybridized carbons (Fsp3) is 1.00. The molecule has 0 aromatic rings. The van der Waals surface area contributed by atoms with E-state index in [9.17, 15) is 0 Å². The Morgan fingerprint density at radius 3 is 2.33 bits per heavy atom. The lowest BCUT2D eigenvalue weighted by molar-refractivity contribution is 0.338. The van der Waals surface area contributed by atoms with Gasteiger partial charge in [-0.1, -0.05) is 5.22 Å². The van der Waals surface area contributed by atoms with Gasteiger partial charge in [0.05, 0.1) is 6.04 Å². The van der Waals surface area contributed by atoms with Crippen molar-refractivity contribution in [2.24, 2.45) is 10.3 Å². The Kier molecular flexibility index (Phi) is 4.01. The van der Waals surface area contributed by atoms with Crippen LogP contribution in [0.25, 0.3) is 0 Å².